The highest BCUT2D eigenvalue weighted by molar-refractivity contribution is 4.69. The molecular formula is C6H11NO. The molecule has 8 heavy (non-hydrogen) atoms. The van der Waals surface area contributed by atoms with Crippen LogP contribution in [0.25, 0.3) is 0 Å². The predicted octanol–water partition coefficient (Wildman–Crippen LogP) is 0.810. The van der Waals surface area contributed by atoms with E-state index < -0.39 is 0 Å². The Morgan fingerprint density at radius 3 is 2.88 bits per heavy atom. The van der Waals surface area contributed by atoms with E-state index in [9.17, 15) is 0 Å². The molecule has 1 aliphatic heterocycles. The molecule has 0 atom stereocenters. The van der Waals surface area contributed by atoms with Gasteiger partial charge in [-0.15, -0.1) is 0 Å². The monoisotopic (exact) mass is 113 g/mol. The first-order valence-electron chi connectivity index (χ1n) is 2.88. The summed E-state index contributed by atoms with van der Waals surface area (Å²) < 4.78 is 5.13. The Bertz CT molecular complexity index is 76.6. The Labute approximate surface area is 49.7 Å². The highest BCUT2D eigenvalue weighted by Crippen LogP contribution is 1.99. The molecule has 0 saturated carbocycles. The average Bonchev–Trinajstić information content (AvgIpc) is 1.90. The largest absolute Gasteiger partial charge is 0.361 e. The summed E-state index contributed by atoms with van der Waals surface area (Å²) in [7, 11) is 0. The summed E-state index contributed by atoms with van der Waals surface area (Å²) in [4.78, 5) is 2.06. The van der Waals surface area contributed by atoms with Crippen molar-refractivity contribution in [3.63, 3.8) is 0 Å². The first-order valence-corrected chi connectivity index (χ1v) is 2.88. The number of hydrogen-bond donors (Lipinski definition) is 0. The van der Waals surface area contributed by atoms with Crippen LogP contribution in [0.5, 0.6) is 0 Å². The Kier molecular flexibility index (Phi) is 1.92. The second-order valence-corrected chi connectivity index (χ2v) is 1.89. The van der Waals surface area contributed by atoms with Gasteiger partial charge < -0.3 is 9.64 Å². The zero-order valence-corrected chi connectivity index (χ0v) is 4.97. The third kappa shape index (κ3) is 1.23. The van der Waals surface area contributed by atoms with E-state index in [2.05, 4.69) is 11.5 Å². The molecule has 1 heterocycles. The van der Waals surface area contributed by atoms with Crippen molar-refractivity contribution in [2.75, 3.05) is 19.9 Å². The van der Waals surface area contributed by atoms with E-state index in [1.54, 1.807) is 0 Å². The van der Waals surface area contributed by atoms with E-state index in [-0.39, 0.29) is 0 Å². The molecule has 46 valence electrons. The normalized spacial score (nSPS) is 20.8. The third-order valence-electron chi connectivity index (χ3n) is 1.25. The standard InChI is InChI=1S/C6H11NO/c1-2-7-4-3-5-8-6-7/h2H,1,3-6H2. The summed E-state index contributed by atoms with van der Waals surface area (Å²) >= 11 is 0. The lowest BCUT2D eigenvalue weighted by molar-refractivity contribution is 0.0128. The van der Waals surface area contributed by atoms with Gasteiger partial charge in [-0.05, 0) is 12.6 Å². The van der Waals surface area contributed by atoms with E-state index in [1.165, 1.54) is 0 Å². The maximum absolute atomic E-state index is 5.13. The van der Waals surface area contributed by atoms with Gasteiger partial charge in [-0.1, -0.05) is 6.58 Å². The van der Waals surface area contributed by atoms with Crippen molar-refractivity contribution in [1.82, 2.24) is 4.90 Å². The molecule has 0 aromatic heterocycles. The molecule has 2 heteroatoms. The first-order chi connectivity index (χ1) is 3.93. The molecule has 0 aromatic rings. The Morgan fingerprint density at radius 2 is 2.50 bits per heavy atom. The number of hydrogen-bond acceptors (Lipinski definition) is 2. The van der Waals surface area contributed by atoms with Gasteiger partial charge in [0.05, 0.1) is 6.61 Å². The van der Waals surface area contributed by atoms with Gasteiger partial charge in [0.15, 0.2) is 0 Å². The lowest BCUT2D eigenvalue weighted by Crippen LogP contribution is -2.27. The fourth-order valence-electron chi connectivity index (χ4n) is 0.760. The zero-order valence-electron chi connectivity index (χ0n) is 4.97. The molecule has 0 spiro atoms. The molecule has 0 aromatic carbocycles. The zero-order chi connectivity index (χ0) is 5.82. The van der Waals surface area contributed by atoms with Crippen LogP contribution in [-0.2, 0) is 4.74 Å². The molecule has 0 aliphatic carbocycles. The Balaban J connectivity index is 2.22. The van der Waals surface area contributed by atoms with E-state index >= 15 is 0 Å². The van der Waals surface area contributed by atoms with Crippen molar-refractivity contribution in [1.29, 1.82) is 0 Å². The molecule has 1 saturated heterocycles. The molecule has 0 amide bonds. The first kappa shape index (κ1) is 5.63. The minimum atomic E-state index is 0.726. The highest BCUT2D eigenvalue weighted by Gasteiger charge is 2.02. The molecular weight excluding hydrogens is 102 g/mol. The molecule has 0 N–H and O–H groups in total. The predicted molar refractivity (Wildman–Crippen MR) is 32.3 cm³/mol. The molecule has 0 unspecified atom stereocenters. The molecule has 1 fully saturated rings. The minimum Gasteiger partial charge on any atom is -0.361 e. The Hall–Kier alpha value is -0.500. The van der Waals surface area contributed by atoms with Gasteiger partial charge in [0.25, 0.3) is 0 Å². The van der Waals surface area contributed by atoms with Gasteiger partial charge in [0, 0.05) is 6.54 Å². The molecule has 0 radical (unpaired) electrons. The van der Waals surface area contributed by atoms with E-state index in [4.69, 9.17) is 4.74 Å². The van der Waals surface area contributed by atoms with Crippen LogP contribution < -0.4 is 0 Å². The summed E-state index contributed by atoms with van der Waals surface area (Å²) in [5.74, 6) is 0. The molecule has 0 bridgehead atoms. The summed E-state index contributed by atoms with van der Waals surface area (Å²) in [5.41, 5.74) is 0. The Morgan fingerprint density at radius 1 is 1.62 bits per heavy atom. The summed E-state index contributed by atoms with van der Waals surface area (Å²) in [6.07, 6.45) is 2.95. The lowest BCUT2D eigenvalue weighted by atomic mass is 10.4. The summed E-state index contributed by atoms with van der Waals surface area (Å²) in [5, 5.41) is 0. The lowest BCUT2D eigenvalue weighted by Gasteiger charge is -2.24. The second kappa shape index (κ2) is 2.72. The average molecular weight is 113 g/mol. The topological polar surface area (TPSA) is 12.5 Å². The number of rotatable bonds is 1. The van der Waals surface area contributed by atoms with Crippen molar-refractivity contribution in [2.24, 2.45) is 0 Å². The maximum atomic E-state index is 5.13. The SMILES string of the molecule is C=CN1CCCOC1. The maximum Gasteiger partial charge on any atom is 0.118 e. The van der Waals surface area contributed by atoms with Crippen LogP contribution in [0.1, 0.15) is 6.42 Å². The van der Waals surface area contributed by atoms with E-state index in [0.29, 0.717) is 0 Å². The van der Waals surface area contributed by atoms with Crippen LogP contribution in [-0.4, -0.2) is 24.8 Å². The van der Waals surface area contributed by atoms with Crippen LogP contribution in [0.15, 0.2) is 12.8 Å². The van der Waals surface area contributed by atoms with Gasteiger partial charge >= 0.3 is 0 Å². The highest BCUT2D eigenvalue weighted by atomic mass is 16.5. The van der Waals surface area contributed by atoms with E-state index in [0.717, 1.165) is 26.3 Å². The minimum absolute atomic E-state index is 0.726. The van der Waals surface area contributed by atoms with Crippen molar-refractivity contribution in [3.05, 3.63) is 12.8 Å². The smallest absolute Gasteiger partial charge is 0.118 e. The molecule has 1 rings (SSSR count). The van der Waals surface area contributed by atoms with Gasteiger partial charge in [-0.25, -0.2) is 0 Å². The van der Waals surface area contributed by atoms with Gasteiger partial charge in [0.1, 0.15) is 6.73 Å². The van der Waals surface area contributed by atoms with Gasteiger partial charge in [-0.3, -0.25) is 0 Å². The van der Waals surface area contributed by atoms with Crippen molar-refractivity contribution >= 4 is 0 Å². The van der Waals surface area contributed by atoms with E-state index in [1.807, 2.05) is 6.20 Å². The van der Waals surface area contributed by atoms with Crippen LogP contribution in [0.2, 0.25) is 0 Å². The van der Waals surface area contributed by atoms with Crippen LogP contribution in [0.3, 0.4) is 0 Å². The third-order valence-corrected chi connectivity index (χ3v) is 1.25. The van der Waals surface area contributed by atoms with Gasteiger partial charge in [0.2, 0.25) is 0 Å². The van der Waals surface area contributed by atoms with Crippen LogP contribution in [0, 0.1) is 0 Å². The van der Waals surface area contributed by atoms with Crippen LogP contribution >= 0.6 is 0 Å². The molecule has 1 aliphatic rings. The number of nitrogens with zero attached hydrogens (tertiary/aromatic N) is 1. The van der Waals surface area contributed by atoms with Crippen molar-refractivity contribution < 1.29 is 4.74 Å². The van der Waals surface area contributed by atoms with Crippen molar-refractivity contribution in [2.45, 2.75) is 6.42 Å². The molecule has 2 nitrogen and oxygen atoms in total. The summed E-state index contributed by atoms with van der Waals surface area (Å²) in [6, 6.07) is 0. The number of ether oxygens (including phenoxy) is 1. The fraction of sp³-hybridized carbons (Fsp3) is 0.667. The fourth-order valence-corrected chi connectivity index (χ4v) is 0.760. The quantitative estimate of drug-likeness (QED) is 0.499. The van der Waals surface area contributed by atoms with Crippen LogP contribution in [0.4, 0.5) is 0 Å². The summed E-state index contributed by atoms with van der Waals surface area (Å²) in [6.45, 7) is 6.36. The van der Waals surface area contributed by atoms with Gasteiger partial charge in [-0.2, -0.15) is 0 Å². The second-order valence-electron chi connectivity index (χ2n) is 1.89. The van der Waals surface area contributed by atoms with Crippen molar-refractivity contribution in [3.8, 4) is 0 Å².